The first-order valence-corrected chi connectivity index (χ1v) is 10.3. The minimum atomic E-state index is -0.0349. The molecule has 29 heavy (non-hydrogen) atoms. The molecule has 8 heteroatoms. The molecular weight excluding hydrogens is 370 g/mol. The maximum Gasteiger partial charge on any atom is 0.276 e. The number of nitrogens with zero attached hydrogens (tertiary/aromatic N) is 5. The van der Waals surface area contributed by atoms with Gasteiger partial charge in [0.2, 0.25) is 0 Å². The zero-order valence-corrected chi connectivity index (χ0v) is 16.6. The highest BCUT2D eigenvalue weighted by molar-refractivity contribution is 5.92. The van der Waals surface area contributed by atoms with Gasteiger partial charge in [0.05, 0.1) is 6.20 Å². The van der Waals surface area contributed by atoms with Gasteiger partial charge in [-0.1, -0.05) is 23.4 Å². The Morgan fingerprint density at radius 1 is 1.03 bits per heavy atom. The lowest BCUT2D eigenvalue weighted by molar-refractivity contribution is -0.135. The van der Waals surface area contributed by atoms with Crippen LogP contribution in [-0.2, 0) is 11.3 Å². The maximum absolute atomic E-state index is 12.5. The van der Waals surface area contributed by atoms with E-state index in [1.54, 1.807) is 10.9 Å². The van der Waals surface area contributed by atoms with Gasteiger partial charge in [0.1, 0.15) is 5.75 Å². The van der Waals surface area contributed by atoms with Crippen molar-refractivity contribution < 1.29 is 14.3 Å². The molecule has 3 heterocycles. The Hall–Kier alpha value is -2.90. The standard InChI is InChI=1S/C21H27N5O3/c27-20(16-29-18-8-2-1-3-9-18)25-12-6-7-17(13-25)14-26-15-19(22-23-26)21(28)24-10-4-5-11-24/h1-3,8-9,15,17H,4-7,10-14,16H2. The molecule has 0 bridgehead atoms. The van der Waals surface area contributed by atoms with Crippen molar-refractivity contribution in [3.05, 3.63) is 42.2 Å². The number of piperidine rings is 1. The Kier molecular flexibility index (Phi) is 6.07. The van der Waals surface area contributed by atoms with E-state index < -0.39 is 0 Å². The van der Waals surface area contributed by atoms with Gasteiger partial charge in [-0.05, 0) is 43.7 Å². The molecule has 0 N–H and O–H groups in total. The first-order chi connectivity index (χ1) is 14.2. The fraction of sp³-hybridized carbons (Fsp3) is 0.524. The summed E-state index contributed by atoms with van der Waals surface area (Å²) in [5.41, 5.74) is 0.409. The van der Waals surface area contributed by atoms with Crippen LogP contribution in [0, 0.1) is 5.92 Å². The lowest BCUT2D eigenvalue weighted by Crippen LogP contribution is -2.43. The lowest BCUT2D eigenvalue weighted by atomic mass is 9.98. The summed E-state index contributed by atoms with van der Waals surface area (Å²) in [4.78, 5) is 28.7. The van der Waals surface area contributed by atoms with Gasteiger partial charge in [0, 0.05) is 32.7 Å². The Morgan fingerprint density at radius 3 is 2.59 bits per heavy atom. The number of hydrogen-bond acceptors (Lipinski definition) is 5. The molecule has 0 radical (unpaired) electrons. The van der Waals surface area contributed by atoms with Crippen LogP contribution in [0.4, 0.5) is 0 Å². The molecule has 2 aliphatic rings. The van der Waals surface area contributed by atoms with Crippen LogP contribution in [0.3, 0.4) is 0 Å². The van der Waals surface area contributed by atoms with Crippen LogP contribution in [0.5, 0.6) is 5.75 Å². The van der Waals surface area contributed by atoms with E-state index in [2.05, 4.69) is 10.3 Å². The summed E-state index contributed by atoms with van der Waals surface area (Å²) in [6, 6.07) is 9.38. The largest absolute Gasteiger partial charge is 0.484 e. The Morgan fingerprint density at radius 2 is 1.79 bits per heavy atom. The van der Waals surface area contributed by atoms with Crippen molar-refractivity contribution in [1.82, 2.24) is 24.8 Å². The summed E-state index contributed by atoms with van der Waals surface area (Å²) in [7, 11) is 0. The monoisotopic (exact) mass is 397 g/mol. The molecule has 1 unspecified atom stereocenters. The molecule has 1 atom stereocenters. The molecule has 2 aromatic rings. The predicted octanol–water partition coefficient (Wildman–Crippen LogP) is 1.83. The number of ether oxygens (including phenoxy) is 1. The van der Waals surface area contributed by atoms with Gasteiger partial charge in [0.15, 0.2) is 12.3 Å². The molecule has 154 valence electrons. The van der Waals surface area contributed by atoms with Gasteiger partial charge in [-0.3, -0.25) is 14.3 Å². The molecule has 0 spiro atoms. The van der Waals surface area contributed by atoms with Crippen molar-refractivity contribution in [2.24, 2.45) is 5.92 Å². The van der Waals surface area contributed by atoms with Gasteiger partial charge in [-0.25, -0.2) is 0 Å². The van der Waals surface area contributed by atoms with Crippen LogP contribution in [-0.4, -0.2) is 69.4 Å². The maximum atomic E-state index is 12.5. The van der Waals surface area contributed by atoms with Crippen molar-refractivity contribution >= 4 is 11.8 Å². The third-order valence-corrected chi connectivity index (χ3v) is 5.57. The number of likely N-dealkylation sites (tertiary alicyclic amines) is 2. The van der Waals surface area contributed by atoms with E-state index in [-0.39, 0.29) is 18.4 Å². The number of aromatic nitrogens is 3. The minimum Gasteiger partial charge on any atom is -0.484 e. The Labute approximate surface area is 170 Å². The van der Waals surface area contributed by atoms with Gasteiger partial charge >= 0.3 is 0 Å². The molecule has 0 aliphatic carbocycles. The second-order valence-electron chi connectivity index (χ2n) is 7.77. The number of carbonyl (C=O) groups excluding carboxylic acids is 2. The second-order valence-corrected chi connectivity index (χ2v) is 7.77. The molecule has 8 nitrogen and oxygen atoms in total. The summed E-state index contributed by atoms with van der Waals surface area (Å²) in [5, 5.41) is 8.20. The average Bonchev–Trinajstić information content (AvgIpc) is 3.45. The minimum absolute atomic E-state index is 0.00189. The predicted molar refractivity (Wildman–Crippen MR) is 106 cm³/mol. The van der Waals surface area contributed by atoms with Gasteiger partial charge in [-0.2, -0.15) is 0 Å². The number of carbonyl (C=O) groups is 2. The SMILES string of the molecule is O=C(COc1ccccc1)N1CCCC(Cn2cc(C(=O)N3CCCC3)nn2)C1. The van der Waals surface area contributed by atoms with Crippen LogP contribution in [0.25, 0.3) is 0 Å². The highest BCUT2D eigenvalue weighted by atomic mass is 16.5. The first-order valence-electron chi connectivity index (χ1n) is 10.3. The quantitative estimate of drug-likeness (QED) is 0.743. The highest BCUT2D eigenvalue weighted by Crippen LogP contribution is 2.19. The molecule has 2 saturated heterocycles. The number of rotatable bonds is 6. The Bertz CT molecular complexity index is 832. The average molecular weight is 397 g/mol. The summed E-state index contributed by atoms with van der Waals surface area (Å²) >= 11 is 0. The fourth-order valence-corrected chi connectivity index (χ4v) is 4.03. The van der Waals surface area contributed by atoms with Crippen LogP contribution < -0.4 is 4.74 Å². The summed E-state index contributed by atoms with van der Waals surface area (Å²) in [6.07, 6.45) is 5.83. The molecule has 0 saturated carbocycles. The lowest BCUT2D eigenvalue weighted by Gasteiger charge is -2.32. The number of hydrogen-bond donors (Lipinski definition) is 0. The number of para-hydroxylation sites is 1. The fourth-order valence-electron chi connectivity index (χ4n) is 4.03. The van der Waals surface area contributed by atoms with Crippen LogP contribution in [0.15, 0.2) is 36.5 Å². The normalized spacial score (nSPS) is 19.4. The van der Waals surface area contributed by atoms with Crippen molar-refractivity contribution in [3.8, 4) is 5.75 Å². The molecular formula is C21H27N5O3. The van der Waals surface area contributed by atoms with E-state index >= 15 is 0 Å². The summed E-state index contributed by atoms with van der Waals surface area (Å²) in [5.74, 6) is 0.961. The molecule has 1 aromatic heterocycles. The van der Waals surface area contributed by atoms with Crippen LogP contribution >= 0.6 is 0 Å². The van der Waals surface area contributed by atoms with Crippen molar-refractivity contribution in [2.45, 2.75) is 32.2 Å². The van der Waals surface area contributed by atoms with E-state index in [0.29, 0.717) is 30.5 Å². The van der Waals surface area contributed by atoms with Crippen LogP contribution in [0.2, 0.25) is 0 Å². The van der Waals surface area contributed by atoms with E-state index in [9.17, 15) is 9.59 Å². The van der Waals surface area contributed by atoms with E-state index in [4.69, 9.17) is 4.74 Å². The molecule has 2 fully saturated rings. The van der Waals surface area contributed by atoms with Gasteiger partial charge in [-0.15, -0.1) is 5.10 Å². The third-order valence-electron chi connectivity index (χ3n) is 5.57. The molecule has 2 amide bonds. The number of benzene rings is 1. The smallest absolute Gasteiger partial charge is 0.276 e. The van der Waals surface area contributed by atoms with E-state index in [0.717, 1.165) is 45.3 Å². The zero-order chi connectivity index (χ0) is 20.1. The zero-order valence-electron chi connectivity index (χ0n) is 16.6. The van der Waals surface area contributed by atoms with Crippen molar-refractivity contribution in [3.63, 3.8) is 0 Å². The van der Waals surface area contributed by atoms with E-state index in [1.165, 1.54) is 0 Å². The topological polar surface area (TPSA) is 80.6 Å². The van der Waals surface area contributed by atoms with Crippen molar-refractivity contribution in [2.75, 3.05) is 32.8 Å². The summed E-state index contributed by atoms with van der Waals surface area (Å²) < 4.78 is 7.33. The number of amides is 2. The van der Waals surface area contributed by atoms with E-state index in [1.807, 2.05) is 40.1 Å². The molecule has 1 aromatic carbocycles. The van der Waals surface area contributed by atoms with Gasteiger partial charge in [0.25, 0.3) is 11.8 Å². The highest BCUT2D eigenvalue weighted by Gasteiger charge is 2.26. The van der Waals surface area contributed by atoms with Crippen molar-refractivity contribution in [1.29, 1.82) is 0 Å². The summed E-state index contributed by atoms with van der Waals surface area (Å²) in [6.45, 7) is 3.74. The van der Waals surface area contributed by atoms with Crippen LogP contribution in [0.1, 0.15) is 36.2 Å². The van der Waals surface area contributed by atoms with Gasteiger partial charge < -0.3 is 14.5 Å². The molecule has 4 rings (SSSR count). The Balaban J connectivity index is 1.28. The molecule has 2 aliphatic heterocycles. The third kappa shape index (κ3) is 4.93. The first kappa shape index (κ1) is 19.4. The second kappa shape index (κ2) is 9.07.